The van der Waals surface area contributed by atoms with Gasteiger partial charge < -0.3 is 4.74 Å². The van der Waals surface area contributed by atoms with E-state index < -0.39 is 17.5 Å². The summed E-state index contributed by atoms with van der Waals surface area (Å²) in [6.07, 6.45) is -0.599. The highest BCUT2D eigenvalue weighted by atomic mass is 19.1. The van der Waals surface area contributed by atoms with Gasteiger partial charge in [-0.3, -0.25) is 0 Å². The number of nitrogens with zero attached hydrogens (tertiary/aromatic N) is 2. The monoisotopic (exact) mass is 296 g/mol. The van der Waals surface area contributed by atoms with Gasteiger partial charge in [0.25, 0.3) is 0 Å². The number of cyclic esters (lactones) is 1. The van der Waals surface area contributed by atoms with Gasteiger partial charge in [-0.2, -0.15) is 5.26 Å². The van der Waals surface area contributed by atoms with Crippen molar-refractivity contribution in [3.63, 3.8) is 0 Å². The Morgan fingerprint density at radius 3 is 2.68 bits per heavy atom. The maximum absolute atomic E-state index is 13.7. The third-order valence-electron chi connectivity index (χ3n) is 3.59. The number of carbonyl (C=O) groups is 1. The van der Waals surface area contributed by atoms with Crippen molar-refractivity contribution >= 4 is 17.5 Å². The zero-order chi connectivity index (χ0) is 15.9. The molecule has 0 unspecified atom stereocenters. The quantitative estimate of drug-likeness (QED) is 0.791. The Labute approximate surface area is 127 Å². The minimum absolute atomic E-state index is 0.144. The summed E-state index contributed by atoms with van der Waals surface area (Å²) >= 11 is 0. The number of amides is 1. The number of para-hydroxylation sites is 1. The lowest BCUT2D eigenvalue weighted by atomic mass is 9.94. The highest BCUT2D eigenvalue weighted by molar-refractivity contribution is 5.99. The normalized spacial score (nSPS) is 15.7. The number of carbonyl (C=O) groups excluding carboxylic acids is 1. The average molecular weight is 296 g/mol. The number of benzene rings is 2. The second-order valence-electron chi connectivity index (χ2n) is 5.54. The molecule has 0 spiro atoms. The first-order chi connectivity index (χ1) is 10.4. The van der Waals surface area contributed by atoms with Gasteiger partial charge in [-0.15, -0.1) is 0 Å². The summed E-state index contributed by atoms with van der Waals surface area (Å²) in [5.74, 6) is -0.579. The van der Waals surface area contributed by atoms with Crippen LogP contribution in [0.1, 0.15) is 25.0 Å². The lowest BCUT2D eigenvalue weighted by Gasteiger charge is -2.38. The fraction of sp³-hybridized carbons (Fsp3) is 0.176. The van der Waals surface area contributed by atoms with Gasteiger partial charge in [-0.05, 0) is 38.1 Å². The molecule has 1 aliphatic rings. The van der Waals surface area contributed by atoms with E-state index in [-0.39, 0.29) is 11.3 Å². The van der Waals surface area contributed by atoms with Crippen LogP contribution in [0.25, 0.3) is 0 Å². The van der Waals surface area contributed by atoms with E-state index in [2.05, 4.69) is 0 Å². The van der Waals surface area contributed by atoms with Crippen LogP contribution < -0.4 is 4.90 Å². The van der Waals surface area contributed by atoms with Gasteiger partial charge in [-0.25, -0.2) is 14.1 Å². The molecule has 3 rings (SSSR count). The smallest absolute Gasteiger partial charge is 0.419 e. The largest absolute Gasteiger partial charge is 0.438 e. The van der Waals surface area contributed by atoms with Crippen molar-refractivity contribution in [2.45, 2.75) is 19.4 Å². The molecule has 5 heteroatoms. The maximum atomic E-state index is 13.7. The first-order valence-corrected chi connectivity index (χ1v) is 6.76. The van der Waals surface area contributed by atoms with Crippen LogP contribution in [-0.2, 0) is 10.3 Å². The van der Waals surface area contributed by atoms with Crippen molar-refractivity contribution in [1.82, 2.24) is 0 Å². The molecule has 0 fully saturated rings. The molecular formula is C17H13FN2O2. The van der Waals surface area contributed by atoms with E-state index in [0.29, 0.717) is 5.69 Å². The molecule has 0 aromatic heterocycles. The standard InChI is InChI=1S/C17H13FN2O2/c1-17(2)14-5-3-4-6-15(14)20(16(21)22-17)13-8-11(10-19)7-12(18)9-13/h3-9H,1-2H3. The third-order valence-corrected chi connectivity index (χ3v) is 3.59. The topological polar surface area (TPSA) is 53.3 Å². The molecule has 0 bridgehead atoms. The number of halogens is 1. The van der Waals surface area contributed by atoms with Gasteiger partial charge in [0, 0.05) is 5.56 Å². The van der Waals surface area contributed by atoms with E-state index in [4.69, 9.17) is 10.00 Å². The minimum atomic E-state index is -0.768. The number of rotatable bonds is 1. The van der Waals surface area contributed by atoms with Gasteiger partial charge >= 0.3 is 6.09 Å². The summed E-state index contributed by atoms with van der Waals surface area (Å²) in [6, 6.07) is 12.9. The molecule has 1 aliphatic heterocycles. The average Bonchev–Trinajstić information content (AvgIpc) is 2.46. The van der Waals surface area contributed by atoms with Gasteiger partial charge in [-0.1, -0.05) is 18.2 Å². The van der Waals surface area contributed by atoms with Crippen molar-refractivity contribution in [2.75, 3.05) is 4.90 Å². The van der Waals surface area contributed by atoms with Crippen molar-refractivity contribution in [3.05, 3.63) is 59.4 Å². The Hall–Kier alpha value is -2.87. The van der Waals surface area contributed by atoms with Gasteiger partial charge in [0.15, 0.2) is 0 Å². The molecule has 0 N–H and O–H groups in total. The highest BCUT2D eigenvalue weighted by Crippen LogP contribution is 2.42. The van der Waals surface area contributed by atoms with E-state index in [9.17, 15) is 9.18 Å². The molecule has 1 amide bonds. The molecule has 4 nitrogen and oxygen atoms in total. The summed E-state index contributed by atoms with van der Waals surface area (Å²) in [7, 11) is 0. The second kappa shape index (κ2) is 4.85. The molecule has 2 aromatic rings. The number of hydrogen-bond donors (Lipinski definition) is 0. The zero-order valence-corrected chi connectivity index (χ0v) is 12.1. The SMILES string of the molecule is CC1(C)OC(=O)N(c2cc(F)cc(C#N)c2)c2ccccc21. The van der Waals surface area contributed by atoms with Gasteiger partial charge in [0.1, 0.15) is 11.4 Å². The van der Waals surface area contributed by atoms with Crippen LogP contribution in [0.3, 0.4) is 0 Å². The highest BCUT2D eigenvalue weighted by Gasteiger charge is 2.38. The molecule has 0 atom stereocenters. The summed E-state index contributed by atoms with van der Waals surface area (Å²) in [4.78, 5) is 13.7. The van der Waals surface area contributed by atoms with Crippen LogP contribution in [0.2, 0.25) is 0 Å². The Morgan fingerprint density at radius 1 is 1.23 bits per heavy atom. The number of nitriles is 1. The van der Waals surface area contributed by atoms with Crippen molar-refractivity contribution in [3.8, 4) is 6.07 Å². The Kier molecular flexibility index (Phi) is 3.10. The van der Waals surface area contributed by atoms with E-state index in [1.54, 1.807) is 26.0 Å². The summed E-state index contributed by atoms with van der Waals surface area (Å²) in [5.41, 5.74) is 1.08. The number of fused-ring (bicyclic) bond motifs is 1. The fourth-order valence-corrected chi connectivity index (χ4v) is 2.61. The van der Waals surface area contributed by atoms with Crippen molar-refractivity contribution < 1.29 is 13.9 Å². The van der Waals surface area contributed by atoms with E-state index in [1.165, 1.54) is 17.0 Å². The number of hydrogen-bond acceptors (Lipinski definition) is 3. The molecular weight excluding hydrogens is 283 g/mol. The van der Waals surface area contributed by atoms with Crippen molar-refractivity contribution in [2.24, 2.45) is 0 Å². The van der Waals surface area contributed by atoms with Crippen LogP contribution in [-0.4, -0.2) is 6.09 Å². The van der Waals surface area contributed by atoms with Crippen molar-refractivity contribution in [1.29, 1.82) is 5.26 Å². The summed E-state index contributed by atoms with van der Waals surface area (Å²) in [5, 5.41) is 8.98. The summed E-state index contributed by atoms with van der Waals surface area (Å²) in [6.45, 7) is 3.60. The number of ether oxygens (including phenoxy) is 1. The van der Waals surface area contributed by atoms with Gasteiger partial charge in [0.05, 0.1) is 23.0 Å². The van der Waals surface area contributed by atoms with Crippen LogP contribution in [0.5, 0.6) is 0 Å². The van der Waals surface area contributed by atoms with Crippen LogP contribution in [0.15, 0.2) is 42.5 Å². The molecule has 2 aromatic carbocycles. The van der Waals surface area contributed by atoms with E-state index >= 15 is 0 Å². The Morgan fingerprint density at radius 2 is 1.95 bits per heavy atom. The molecule has 0 radical (unpaired) electrons. The van der Waals surface area contributed by atoms with Crippen LogP contribution >= 0.6 is 0 Å². The Balaban J connectivity index is 2.21. The molecule has 22 heavy (non-hydrogen) atoms. The number of anilines is 2. The fourth-order valence-electron chi connectivity index (χ4n) is 2.61. The predicted octanol–water partition coefficient (Wildman–Crippen LogP) is 4.22. The van der Waals surface area contributed by atoms with Gasteiger partial charge in [0.2, 0.25) is 0 Å². The first-order valence-electron chi connectivity index (χ1n) is 6.76. The molecule has 0 saturated carbocycles. The molecule has 1 heterocycles. The zero-order valence-electron chi connectivity index (χ0n) is 12.1. The predicted molar refractivity (Wildman–Crippen MR) is 79.2 cm³/mol. The summed E-state index contributed by atoms with van der Waals surface area (Å²) < 4.78 is 19.2. The molecule has 0 aliphatic carbocycles. The molecule has 0 saturated heterocycles. The maximum Gasteiger partial charge on any atom is 0.419 e. The van der Waals surface area contributed by atoms with E-state index in [0.717, 1.165) is 11.6 Å². The Bertz CT molecular complexity index is 809. The minimum Gasteiger partial charge on any atom is -0.438 e. The lowest BCUT2D eigenvalue weighted by Crippen LogP contribution is -2.40. The second-order valence-corrected chi connectivity index (χ2v) is 5.54. The van der Waals surface area contributed by atoms with Crippen LogP contribution in [0, 0.1) is 17.1 Å². The van der Waals surface area contributed by atoms with Crippen LogP contribution in [0.4, 0.5) is 20.6 Å². The third kappa shape index (κ3) is 2.19. The first kappa shape index (κ1) is 14.1. The molecule has 110 valence electrons. The lowest BCUT2D eigenvalue weighted by molar-refractivity contribution is 0.0374. The van der Waals surface area contributed by atoms with E-state index in [1.807, 2.05) is 18.2 Å².